The second-order valence-corrected chi connectivity index (χ2v) is 10.4. The first-order chi connectivity index (χ1) is 18.9. The largest absolute Gasteiger partial charge is 0.309 e. The van der Waals surface area contributed by atoms with E-state index in [9.17, 15) is 0 Å². The van der Waals surface area contributed by atoms with Crippen molar-refractivity contribution in [2.24, 2.45) is 0 Å². The maximum atomic E-state index is 2.48. The molecule has 0 atom stereocenters. The van der Waals surface area contributed by atoms with Crippen molar-refractivity contribution < 1.29 is 0 Å². The van der Waals surface area contributed by atoms with Crippen LogP contribution in [0.1, 0.15) is 29.5 Å². The van der Waals surface area contributed by atoms with Crippen LogP contribution in [0.3, 0.4) is 0 Å². The molecule has 1 heteroatoms. The fourth-order valence-electron chi connectivity index (χ4n) is 6.66. The van der Waals surface area contributed by atoms with Crippen LogP contribution in [0.15, 0.2) is 121 Å². The van der Waals surface area contributed by atoms with E-state index in [2.05, 4.69) is 132 Å². The Balaban J connectivity index is 1.40. The van der Waals surface area contributed by atoms with Gasteiger partial charge in [-0.3, -0.25) is 0 Å². The fourth-order valence-corrected chi connectivity index (χ4v) is 6.66. The maximum absolute atomic E-state index is 2.48. The van der Waals surface area contributed by atoms with Gasteiger partial charge in [0.1, 0.15) is 0 Å². The molecule has 1 aliphatic rings. The Morgan fingerprint density at radius 3 is 2.11 bits per heavy atom. The van der Waals surface area contributed by atoms with Gasteiger partial charge in [0, 0.05) is 16.5 Å². The van der Waals surface area contributed by atoms with Crippen LogP contribution in [-0.2, 0) is 6.42 Å². The topological polar surface area (TPSA) is 4.93 Å². The number of hydrogen-bond donors (Lipinski definition) is 0. The molecule has 0 amide bonds. The molecule has 1 aliphatic carbocycles. The molecule has 0 radical (unpaired) electrons. The molecule has 1 nitrogen and oxygen atoms in total. The summed E-state index contributed by atoms with van der Waals surface area (Å²) in [5.41, 5.74) is 9.44. The average Bonchev–Trinajstić information content (AvgIpc) is 3.16. The third-order valence-electron chi connectivity index (χ3n) is 8.31. The molecule has 0 unspecified atom stereocenters. The lowest BCUT2D eigenvalue weighted by Crippen LogP contribution is -1.94. The van der Waals surface area contributed by atoms with E-state index >= 15 is 0 Å². The summed E-state index contributed by atoms with van der Waals surface area (Å²) in [5, 5.41) is 8.08. The minimum absolute atomic E-state index is 1.08. The number of aryl methyl sites for hydroxylation is 1. The summed E-state index contributed by atoms with van der Waals surface area (Å²) in [4.78, 5) is 0. The Hall–Kier alpha value is -4.62. The molecule has 6 aromatic carbocycles. The average molecular weight is 486 g/mol. The van der Waals surface area contributed by atoms with E-state index in [0.717, 1.165) is 19.3 Å². The Bertz CT molecular complexity index is 2040. The second kappa shape index (κ2) is 8.46. The van der Waals surface area contributed by atoms with Crippen molar-refractivity contribution >= 4 is 55.0 Å². The molecule has 8 rings (SSSR count). The second-order valence-electron chi connectivity index (χ2n) is 10.4. The zero-order valence-corrected chi connectivity index (χ0v) is 21.2. The summed E-state index contributed by atoms with van der Waals surface area (Å²) < 4.78 is 2.43. The highest BCUT2D eigenvalue weighted by atomic mass is 15.0. The number of aromatic nitrogens is 1. The molecular formula is C37H27N. The first-order valence-corrected chi connectivity index (χ1v) is 13.6. The molecule has 0 spiro atoms. The van der Waals surface area contributed by atoms with Gasteiger partial charge in [0.25, 0.3) is 0 Å². The standard InChI is InChI=1S/C37H27N/c1-2-13-28(14-3-1)38-35-20-9-8-18-33(35)37-30-19-10-12-25(23-27(30)21-22-36(37)38)34-24-26-11-4-5-15-29(26)31-16-6-7-17-32(31)34/h1-9,11,13-18,20-24H,10,12,19H2. The van der Waals surface area contributed by atoms with Gasteiger partial charge in [-0.1, -0.05) is 97.1 Å². The van der Waals surface area contributed by atoms with Gasteiger partial charge in [0.05, 0.1) is 11.0 Å². The van der Waals surface area contributed by atoms with E-state index in [1.54, 1.807) is 0 Å². The number of nitrogens with zero attached hydrogens (tertiary/aromatic N) is 1. The number of para-hydroxylation sites is 2. The number of allylic oxidation sites excluding steroid dienone is 1. The number of benzene rings is 6. The molecule has 0 N–H and O–H groups in total. The molecule has 7 aromatic rings. The normalized spacial score (nSPS) is 13.6. The first kappa shape index (κ1) is 21.5. The minimum atomic E-state index is 1.08. The Labute approximate surface area is 222 Å². The lowest BCUT2D eigenvalue weighted by molar-refractivity contribution is 0.867. The predicted molar refractivity (Wildman–Crippen MR) is 163 cm³/mol. The van der Waals surface area contributed by atoms with Gasteiger partial charge in [0.2, 0.25) is 0 Å². The highest BCUT2D eigenvalue weighted by molar-refractivity contribution is 6.14. The van der Waals surface area contributed by atoms with E-state index in [1.165, 1.54) is 71.3 Å². The van der Waals surface area contributed by atoms with Gasteiger partial charge in [-0.2, -0.15) is 0 Å². The summed E-state index contributed by atoms with van der Waals surface area (Å²) in [6.07, 6.45) is 5.79. The highest BCUT2D eigenvalue weighted by Gasteiger charge is 2.20. The van der Waals surface area contributed by atoms with Gasteiger partial charge in [0.15, 0.2) is 0 Å². The van der Waals surface area contributed by atoms with Crippen molar-refractivity contribution in [2.75, 3.05) is 0 Å². The van der Waals surface area contributed by atoms with Crippen molar-refractivity contribution in [3.8, 4) is 5.69 Å². The zero-order valence-electron chi connectivity index (χ0n) is 21.2. The minimum Gasteiger partial charge on any atom is -0.309 e. The molecular weight excluding hydrogens is 458 g/mol. The van der Waals surface area contributed by atoms with Crippen molar-refractivity contribution in [1.29, 1.82) is 0 Å². The first-order valence-electron chi connectivity index (χ1n) is 13.6. The van der Waals surface area contributed by atoms with E-state index in [1.807, 2.05) is 0 Å². The lowest BCUT2D eigenvalue weighted by atomic mass is 9.91. The van der Waals surface area contributed by atoms with Crippen molar-refractivity contribution in [3.63, 3.8) is 0 Å². The highest BCUT2D eigenvalue weighted by Crippen LogP contribution is 2.41. The number of hydrogen-bond acceptors (Lipinski definition) is 0. The van der Waals surface area contributed by atoms with E-state index in [0.29, 0.717) is 0 Å². The quantitative estimate of drug-likeness (QED) is 0.215. The van der Waals surface area contributed by atoms with Gasteiger partial charge in [-0.05, 0) is 93.4 Å². The molecule has 1 heterocycles. The Morgan fingerprint density at radius 1 is 0.526 bits per heavy atom. The summed E-state index contributed by atoms with van der Waals surface area (Å²) in [6, 6.07) is 44.4. The number of rotatable bonds is 2. The molecule has 0 saturated carbocycles. The van der Waals surface area contributed by atoms with E-state index in [-0.39, 0.29) is 0 Å². The van der Waals surface area contributed by atoms with Gasteiger partial charge in [-0.25, -0.2) is 0 Å². The van der Waals surface area contributed by atoms with Gasteiger partial charge < -0.3 is 4.57 Å². The third-order valence-corrected chi connectivity index (χ3v) is 8.31. The summed E-state index contributed by atoms with van der Waals surface area (Å²) >= 11 is 0. The van der Waals surface area contributed by atoms with E-state index in [4.69, 9.17) is 0 Å². The van der Waals surface area contributed by atoms with Gasteiger partial charge in [-0.15, -0.1) is 0 Å². The fraction of sp³-hybridized carbons (Fsp3) is 0.0811. The lowest BCUT2D eigenvalue weighted by Gasteiger charge is -2.13. The van der Waals surface area contributed by atoms with Crippen molar-refractivity contribution in [1.82, 2.24) is 4.57 Å². The molecule has 0 aliphatic heterocycles. The van der Waals surface area contributed by atoms with Crippen molar-refractivity contribution in [3.05, 3.63) is 138 Å². The summed E-state index contributed by atoms with van der Waals surface area (Å²) in [6.45, 7) is 0. The van der Waals surface area contributed by atoms with Gasteiger partial charge >= 0.3 is 0 Å². The van der Waals surface area contributed by atoms with Crippen molar-refractivity contribution in [2.45, 2.75) is 19.3 Å². The van der Waals surface area contributed by atoms with Crippen LogP contribution in [0.4, 0.5) is 0 Å². The predicted octanol–water partition coefficient (Wildman–Crippen LogP) is 9.97. The van der Waals surface area contributed by atoms with Crippen LogP contribution in [-0.4, -0.2) is 4.57 Å². The van der Waals surface area contributed by atoms with E-state index < -0.39 is 0 Å². The van der Waals surface area contributed by atoms with Crippen LogP contribution in [0, 0.1) is 0 Å². The monoisotopic (exact) mass is 485 g/mol. The Kier molecular flexibility index (Phi) is 4.78. The molecule has 0 bridgehead atoms. The Morgan fingerprint density at radius 2 is 1.24 bits per heavy atom. The van der Waals surface area contributed by atoms with Crippen LogP contribution in [0.5, 0.6) is 0 Å². The third kappa shape index (κ3) is 3.18. The molecule has 0 saturated heterocycles. The molecule has 180 valence electrons. The maximum Gasteiger partial charge on any atom is 0.0544 e. The molecule has 38 heavy (non-hydrogen) atoms. The van der Waals surface area contributed by atoms with Crippen LogP contribution in [0.25, 0.3) is 60.7 Å². The molecule has 1 aromatic heterocycles. The van der Waals surface area contributed by atoms with Crippen LogP contribution < -0.4 is 0 Å². The summed E-state index contributed by atoms with van der Waals surface area (Å²) in [5.74, 6) is 0. The SMILES string of the molecule is C1=C(c2cc3ccccc3c3ccccc23)CCCc2c1ccc1c2c2ccccc2n1-c1ccccc1. The smallest absolute Gasteiger partial charge is 0.0544 e. The summed E-state index contributed by atoms with van der Waals surface area (Å²) in [7, 11) is 0. The van der Waals surface area contributed by atoms with Crippen LogP contribution in [0.2, 0.25) is 0 Å². The number of fused-ring (bicyclic) bond motifs is 8. The zero-order chi connectivity index (χ0) is 25.1. The van der Waals surface area contributed by atoms with Crippen LogP contribution >= 0.6 is 0 Å². The molecule has 0 fully saturated rings.